The maximum atomic E-state index is 11.8. The van der Waals surface area contributed by atoms with Crippen molar-refractivity contribution in [2.45, 2.75) is 64.0 Å². The Balaban J connectivity index is 2.06. The molecule has 0 bridgehead atoms. The second-order valence-corrected chi connectivity index (χ2v) is 7.91. The van der Waals surface area contributed by atoms with Crippen LogP contribution in [0.15, 0.2) is 23.8 Å². The molecule has 0 unspecified atom stereocenters. The Kier molecular flexibility index (Phi) is 7.32. The van der Waals surface area contributed by atoms with E-state index >= 15 is 0 Å². The zero-order valence-corrected chi connectivity index (χ0v) is 15.9. The molecule has 0 amide bonds. The van der Waals surface area contributed by atoms with E-state index in [-0.39, 0.29) is 23.7 Å². The van der Waals surface area contributed by atoms with Crippen molar-refractivity contribution in [2.75, 3.05) is 13.2 Å². The lowest BCUT2D eigenvalue weighted by molar-refractivity contribution is -0.306. The molecule has 8 nitrogen and oxygen atoms in total. The number of aliphatic hydroxyl groups excluding tert-OH is 5. The number of carbonyl (C=O) groups is 1. The Labute approximate surface area is 158 Å². The van der Waals surface area contributed by atoms with Crippen LogP contribution in [0.3, 0.4) is 0 Å². The Morgan fingerprint density at radius 2 is 1.93 bits per heavy atom. The smallest absolute Gasteiger partial charge is 0.187 e. The van der Waals surface area contributed by atoms with E-state index in [1.165, 1.54) is 6.08 Å². The lowest BCUT2D eigenvalue weighted by Gasteiger charge is -2.40. The summed E-state index contributed by atoms with van der Waals surface area (Å²) in [7, 11) is 0. The number of hydrogen-bond acceptors (Lipinski definition) is 8. The highest BCUT2D eigenvalue weighted by Crippen LogP contribution is 2.40. The van der Waals surface area contributed by atoms with E-state index in [1.54, 1.807) is 13.0 Å². The highest BCUT2D eigenvalue weighted by Gasteiger charge is 2.44. The molecule has 154 valence electrons. The van der Waals surface area contributed by atoms with Crippen LogP contribution in [0.5, 0.6) is 0 Å². The van der Waals surface area contributed by atoms with Crippen molar-refractivity contribution in [2.24, 2.45) is 11.3 Å². The van der Waals surface area contributed by atoms with Gasteiger partial charge in [0.05, 0.1) is 19.3 Å². The first kappa shape index (κ1) is 22.2. The van der Waals surface area contributed by atoms with Gasteiger partial charge >= 0.3 is 0 Å². The summed E-state index contributed by atoms with van der Waals surface area (Å²) in [5, 5.41) is 48.4. The molecule has 1 aliphatic carbocycles. The minimum Gasteiger partial charge on any atom is -0.394 e. The first-order chi connectivity index (χ1) is 12.6. The van der Waals surface area contributed by atoms with Crippen LogP contribution in [0.4, 0.5) is 0 Å². The third-order valence-electron chi connectivity index (χ3n) is 5.17. The minimum absolute atomic E-state index is 0.0145. The first-order valence-corrected chi connectivity index (χ1v) is 9.09. The number of aliphatic hydroxyl groups is 5. The molecule has 0 radical (unpaired) electrons. The number of allylic oxidation sites excluding steroid dienone is 2. The van der Waals surface area contributed by atoms with Gasteiger partial charge in [-0.1, -0.05) is 26.0 Å². The van der Waals surface area contributed by atoms with Crippen LogP contribution >= 0.6 is 0 Å². The second-order valence-electron chi connectivity index (χ2n) is 7.91. The fraction of sp³-hybridized carbons (Fsp3) is 0.737. The minimum atomic E-state index is -1.50. The van der Waals surface area contributed by atoms with Crippen LogP contribution < -0.4 is 0 Å². The van der Waals surface area contributed by atoms with Crippen molar-refractivity contribution in [1.29, 1.82) is 0 Å². The molecule has 7 atom stereocenters. The fourth-order valence-corrected chi connectivity index (χ4v) is 3.64. The zero-order chi connectivity index (χ0) is 20.4. The van der Waals surface area contributed by atoms with Crippen molar-refractivity contribution in [3.63, 3.8) is 0 Å². The van der Waals surface area contributed by atoms with Crippen molar-refractivity contribution in [3.8, 4) is 0 Å². The van der Waals surface area contributed by atoms with Gasteiger partial charge in [0.2, 0.25) is 0 Å². The normalized spacial score (nSPS) is 38.1. The molecule has 2 aliphatic rings. The standard InChI is InChI=1S/C19H30O8/c1-10(26-18-17(25)16(24)15(23)14(9-21)27-18)4-5-13-11(8-20)6-12(22)7-19(13,2)3/h4-6,10,13-18,20-21,23-25H,7-9H2,1-3H3/b5-4+/t10-,13+,14-,15-,16+,17-,18-/m1/s1. The van der Waals surface area contributed by atoms with Crippen molar-refractivity contribution in [1.82, 2.24) is 0 Å². The van der Waals surface area contributed by atoms with E-state index in [2.05, 4.69) is 0 Å². The molecular weight excluding hydrogens is 356 g/mol. The number of ether oxygens (including phenoxy) is 2. The summed E-state index contributed by atoms with van der Waals surface area (Å²) in [5.74, 6) is -0.166. The number of carbonyl (C=O) groups excluding carboxylic acids is 1. The van der Waals surface area contributed by atoms with Gasteiger partial charge < -0.3 is 35.0 Å². The van der Waals surface area contributed by atoms with Crippen molar-refractivity contribution in [3.05, 3.63) is 23.8 Å². The predicted octanol–water partition coefficient (Wildman–Crippen LogP) is -0.718. The van der Waals surface area contributed by atoms with Crippen molar-refractivity contribution < 1.29 is 39.8 Å². The second kappa shape index (κ2) is 8.91. The van der Waals surface area contributed by atoms with Gasteiger partial charge in [-0.25, -0.2) is 0 Å². The maximum absolute atomic E-state index is 11.8. The van der Waals surface area contributed by atoms with E-state index in [0.717, 1.165) is 0 Å². The van der Waals surface area contributed by atoms with Gasteiger partial charge in [-0.3, -0.25) is 4.79 Å². The van der Waals surface area contributed by atoms with Crippen LogP contribution in [-0.2, 0) is 14.3 Å². The molecule has 2 rings (SSSR count). The summed E-state index contributed by atoms with van der Waals surface area (Å²) in [6.07, 6.45) is -1.74. The van der Waals surface area contributed by atoms with Crippen LogP contribution in [-0.4, -0.2) is 81.3 Å². The average molecular weight is 386 g/mol. The van der Waals surface area contributed by atoms with Gasteiger partial charge in [0.1, 0.15) is 24.4 Å². The summed E-state index contributed by atoms with van der Waals surface area (Å²) in [6, 6.07) is 0. The molecule has 0 aromatic rings. The number of rotatable bonds is 6. The first-order valence-electron chi connectivity index (χ1n) is 9.09. The van der Waals surface area contributed by atoms with Gasteiger partial charge in [-0.2, -0.15) is 0 Å². The predicted molar refractivity (Wildman–Crippen MR) is 95.5 cm³/mol. The van der Waals surface area contributed by atoms with Crippen molar-refractivity contribution >= 4 is 5.78 Å². The lowest BCUT2D eigenvalue weighted by atomic mass is 9.68. The highest BCUT2D eigenvalue weighted by atomic mass is 16.7. The van der Waals surface area contributed by atoms with E-state index in [1.807, 2.05) is 19.9 Å². The van der Waals surface area contributed by atoms with E-state index in [0.29, 0.717) is 12.0 Å². The largest absolute Gasteiger partial charge is 0.394 e. The number of ketones is 1. The molecule has 0 spiro atoms. The Bertz CT molecular complexity index is 582. The average Bonchev–Trinajstić information content (AvgIpc) is 2.59. The highest BCUT2D eigenvalue weighted by molar-refractivity contribution is 5.92. The Morgan fingerprint density at radius 3 is 2.52 bits per heavy atom. The third-order valence-corrected chi connectivity index (χ3v) is 5.17. The molecule has 27 heavy (non-hydrogen) atoms. The van der Waals surface area contributed by atoms with Gasteiger partial charge in [0.15, 0.2) is 12.1 Å². The molecule has 1 aliphatic heterocycles. The van der Waals surface area contributed by atoms with E-state index in [9.17, 15) is 30.3 Å². The lowest BCUT2D eigenvalue weighted by Crippen LogP contribution is -2.59. The molecule has 0 aromatic carbocycles. The van der Waals surface area contributed by atoms with Gasteiger partial charge in [-0.05, 0) is 24.0 Å². The van der Waals surface area contributed by atoms with Crippen LogP contribution in [0.1, 0.15) is 27.2 Å². The molecule has 1 heterocycles. The third kappa shape index (κ3) is 5.03. The SMILES string of the molecule is C[C@H](/C=C/[C@H]1C(CO)=CC(=O)CC1(C)C)O[C@@H]1O[C@H](CO)[C@@H](O)[C@H](O)[C@H]1O. The molecular formula is C19H30O8. The molecule has 1 fully saturated rings. The fourth-order valence-electron chi connectivity index (χ4n) is 3.64. The number of hydrogen-bond donors (Lipinski definition) is 5. The van der Waals surface area contributed by atoms with E-state index < -0.39 is 43.4 Å². The topological polar surface area (TPSA) is 137 Å². The van der Waals surface area contributed by atoms with Crippen LogP contribution in [0.2, 0.25) is 0 Å². The van der Waals surface area contributed by atoms with Gasteiger partial charge in [0, 0.05) is 12.3 Å². The molecule has 1 saturated heterocycles. The van der Waals surface area contributed by atoms with Gasteiger partial charge in [0.25, 0.3) is 0 Å². The molecule has 8 heteroatoms. The van der Waals surface area contributed by atoms with Gasteiger partial charge in [-0.15, -0.1) is 0 Å². The maximum Gasteiger partial charge on any atom is 0.187 e. The Morgan fingerprint density at radius 1 is 1.26 bits per heavy atom. The van der Waals surface area contributed by atoms with Crippen LogP contribution in [0.25, 0.3) is 0 Å². The Hall–Kier alpha value is -1.13. The molecule has 5 N–H and O–H groups in total. The summed E-state index contributed by atoms with van der Waals surface area (Å²) >= 11 is 0. The summed E-state index contributed by atoms with van der Waals surface area (Å²) in [6.45, 7) is 4.87. The van der Waals surface area contributed by atoms with E-state index in [4.69, 9.17) is 9.47 Å². The van der Waals surface area contributed by atoms with Crippen LogP contribution in [0, 0.1) is 11.3 Å². The quantitative estimate of drug-likeness (QED) is 0.377. The monoisotopic (exact) mass is 386 g/mol. The molecule has 0 saturated carbocycles. The summed E-state index contributed by atoms with van der Waals surface area (Å²) in [4.78, 5) is 11.8. The summed E-state index contributed by atoms with van der Waals surface area (Å²) < 4.78 is 10.9. The molecule has 0 aromatic heterocycles. The summed E-state index contributed by atoms with van der Waals surface area (Å²) in [5.41, 5.74) is 0.274. The zero-order valence-electron chi connectivity index (χ0n) is 15.9.